The number of anilines is 1. The Balaban J connectivity index is 1.82. The third kappa shape index (κ3) is 2.63. The third-order valence-electron chi connectivity index (χ3n) is 4.82. The second-order valence-electron chi connectivity index (χ2n) is 6.33. The van der Waals surface area contributed by atoms with Crippen molar-refractivity contribution in [2.75, 3.05) is 38.2 Å². The van der Waals surface area contributed by atoms with Crippen molar-refractivity contribution in [3.63, 3.8) is 0 Å². The van der Waals surface area contributed by atoms with Crippen molar-refractivity contribution in [3.8, 4) is 6.07 Å². The maximum absolute atomic E-state index is 9.20. The number of hydrogen-bond donors (Lipinski definition) is 0. The zero-order valence-corrected chi connectivity index (χ0v) is 14.5. The van der Waals surface area contributed by atoms with E-state index in [0.717, 1.165) is 37.3 Å². The molecule has 24 heavy (non-hydrogen) atoms. The molecule has 1 aromatic heterocycles. The molecule has 3 aliphatic rings. The monoisotopic (exact) mass is 336 g/mol. The fourth-order valence-corrected chi connectivity index (χ4v) is 4.35. The van der Waals surface area contributed by atoms with Crippen LogP contribution in [0.5, 0.6) is 0 Å². The van der Waals surface area contributed by atoms with Gasteiger partial charge in [-0.2, -0.15) is 5.26 Å². The summed E-state index contributed by atoms with van der Waals surface area (Å²) in [6.45, 7) is 4.18. The molecule has 0 saturated carbocycles. The number of rotatable bonds is 1. The Hall–Kier alpha value is -2.13. The van der Waals surface area contributed by atoms with Crippen molar-refractivity contribution in [2.45, 2.75) is 6.04 Å². The molecule has 5 heteroatoms. The summed E-state index contributed by atoms with van der Waals surface area (Å²) >= 11 is 1.70. The summed E-state index contributed by atoms with van der Waals surface area (Å²) in [4.78, 5) is 2.37. The summed E-state index contributed by atoms with van der Waals surface area (Å²) in [6.07, 6.45) is 12.4. The van der Waals surface area contributed by atoms with Crippen molar-refractivity contribution in [2.24, 2.45) is 0 Å². The molecular weight excluding hydrogens is 316 g/mol. The molecule has 0 amide bonds. The van der Waals surface area contributed by atoms with Gasteiger partial charge >= 0.3 is 0 Å². The Kier molecular flexibility index (Phi) is 4.11. The van der Waals surface area contributed by atoms with Crippen LogP contribution >= 0.6 is 11.3 Å². The lowest BCUT2D eigenvalue weighted by atomic mass is 9.99. The van der Waals surface area contributed by atoms with Crippen molar-refractivity contribution >= 4 is 22.6 Å². The SMILES string of the molecule is CN1CCN(N2c3cscc3/C(=C\C#N)C=C3C=CC=CC32)CC1. The molecule has 1 unspecified atom stereocenters. The standard InChI is InChI=1S/C19H20N4S/c1-21-8-10-22(11-9-21)23-18-5-3-2-4-16(18)12-15(6-7-20)17-13-24-14-19(17)23/h2-6,12-14,18H,8-11H2,1H3/b15-6-. The predicted octanol–water partition coefficient (Wildman–Crippen LogP) is 3.06. The number of hydrazine groups is 1. The first kappa shape index (κ1) is 15.4. The highest BCUT2D eigenvalue weighted by molar-refractivity contribution is 7.08. The molecule has 0 bridgehead atoms. The third-order valence-corrected chi connectivity index (χ3v) is 5.56. The Bertz CT molecular complexity index is 785. The van der Waals surface area contributed by atoms with Crippen molar-refractivity contribution in [1.29, 1.82) is 5.26 Å². The molecule has 1 atom stereocenters. The molecule has 1 aromatic rings. The molecule has 122 valence electrons. The molecule has 4 rings (SSSR count). The number of likely N-dealkylation sites (N-methyl/N-ethyl adjacent to an activating group) is 1. The maximum Gasteiger partial charge on any atom is 0.0918 e. The van der Waals surface area contributed by atoms with E-state index in [0.29, 0.717) is 0 Å². The minimum absolute atomic E-state index is 0.191. The summed E-state index contributed by atoms with van der Waals surface area (Å²) in [5.41, 5.74) is 4.61. The summed E-state index contributed by atoms with van der Waals surface area (Å²) in [5.74, 6) is 0. The molecule has 4 nitrogen and oxygen atoms in total. The summed E-state index contributed by atoms with van der Waals surface area (Å²) in [5, 5.41) is 18.5. The van der Waals surface area contributed by atoms with Crippen molar-refractivity contribution in [1.82, 2.24) is 9.91 Å². The Morgan fingerprint density at radius 3 is 2.83 bits per heavy atom. The lowest BCUT2D eigenvalue weighted by Crippen LogP contribution is -2.56. The minimum Gasteiger partial charge on any atom is -0.304 e. The number of nitriles is 1. The number of fused-ring (bicyclic) bond motifs is 2. The topological polar surface area (TPSA) is 33.5 Å². The second kappa shape index (κ2) is 6.40. The number of hydrogen-bond acceptors (Lipinski definition) is 5. The van der Waals surface area contributed by atoms with Crippen LogP contribution in [0.3, 0.4) is 0 Å². The van der Waals surface area contributed by atoms with Gasteiger partial charge in [0.05, 0.1) is 17.8 Å². The molecule has 1 aliphatic carbocycles. The van der Waals surface area contributed by atoms with Gasteiger partial charge in [-0.15, -0.1) is 11.3 Å². The lowest BCUT2D eigenvalue weighted by Gasteiger charge is -2.44. The van der Waals surface area contributed by atoms with Gasteiger partial charge in [-0.3, -0.25) is 5.01 Å². The molecule has 0 N–H and O–H groups in total. The van der Waals surface area contributed by atoms with E-state index in [1.165, 1.54) is 11.3 Å². The first-order valence-electron chi connectivity index (χ1n) is 8.23. The van der Waals surface area contributed by atoms with Gasteiger partial charge in [0.1, 0.15) is 0 Å². The van der Waals surface area contributed by atoms with Crippen LogP contribution in [0.2, 0.25) is 0 Å². The predicted molar refractivity (Wildman–Crippen MR) is 99.6 cm³/mol. The van der Waals surface area contributed by atoms with E-state index < -0.39 is 0 Å². The van der Waals surface area contributed by atoms with Crippen molar-refractivity contribution in [3.05, 3.63) is 58.4 Å². The lowest BCUT2D eigenvalue weighted by molar-refractivity contribution is 0.138. The Morgan fingerprint density at radius 1 is 1.21 bits per heavy atom. The van der Waals surface area contributed by atoms with E-state index in [-0.39, 0.29) is 6.04 Å². The smallest absolute Gasteiger partial charge is 0.0918 e. The van der Waals surface area contributed by atoms with Crippen LogP contribution in [0.15, 0.2) is 52.8 Å². The average Bonchev–Trinajstić information content (AvgIpc) is 3.03. The Labute approximate surface area is 146 Å². The fourth-order valence-electron chi connectivity index (χ4n) is 3.52. The van der Waals surface area contributed by atoms with Crippen molar-refractivity contribution < 1.29 is 0 Å². The second-order valence-corrected chi connectivity index (χ2v) is 7.08. The van der Waals surface area contributed by atoms with Gasteiger partial charge in [-0.1, -0.05) is 24.3 Å². The van der Waals surface area contributed by atoms with E-state index in [1.807, 2.05) is 0 Å². The van der Waals surface area contributed by atoms with E-state index in [1.54, 1.807) is 17.4 Å². The van der Waals surface area contributed by atoms with Gasteiger partial charge in [-0.05, 0) is 24.3 Å². The van der Waals surface area contributed by atoms with E-state index >= 15 is 0 Å². The molecule has 3 heterocycles. The molecule has 0 radical (unpaired) electrons. The van der Waals surface area contributed by atoms with Gasteiger partial charge in [-0.25, -0.2) is 5.01 Å². The highest BCUT2D eigenvalue weighted by Crippen LogP contribution is 2.40. The van der Waals surface area contributed by atoms with Gasteiger partial charge in [0.2, 0.25) is 0 Å². The summed E-state index contributed by atoms with van der Waals surface area (Å²) in [6, 6.07) is 2.40. The molecule has 0 aromatic carbocycles. The zero-order valence-electron chi connectivity index (χ0n) is 13.7. The van der Waals surface area contributed by atoms with Crippen LogP contribution in [-0.4, -0.2) is 49.2 Å². The van der Waals surface area contributed by atoms with E-state index in [4.69, 9.17) is 0 Å². The van der Waals surface area contributed by atoms with Gasteiger partial charge in [0.15, 0.2) is 0 Å². The normalized spacial score (nSPS) is 25.8. The molecule has 1 saturated heterocycles. The number of piperazine rings is 1. The first-order chi connectivity index (χ1) is 11.8. The quantitative estimate of drug-likeness (QED) is 0.738. The van der Waals surface area contributed by atoms with E-state index in [9.17, 15) is 5.26 Å². The van der Waals surface area contributed by atoms with Crippen LogP contribution < -0.4 is 5.01 Å². The summed E-state index contributed by atoms with van der Waals surface area (Å²) < 4.78 is 0. The number of nitrogens with zero attached hydrogens (tertiary/aromatic N) is 4. The first-order valence-corrected chi connectivity index (χ1v) is 9.17. The Morgan fingerprint density at radius 2 is 2.04 bits per heavy atom. The molecule has 2 aliphatic heterocycles. The minimum atomic E-state index is 0.191. The zero-order chi connectivity index (χ0) is 16.5. The van der Waals surface area contributed by atoms with E-state index in [2.05, 4.69) is 69.2 Å². The number of allylic oxidation sites excluding steroid dienone is 5. The molecule has 0 spiro atoms. The maximum atomic E-state index is 9.20. The molecule has 1 fully saturated rings. The van der Waals surface area contributed by atoms with Gasteiger partial charge in [0.25, 0.3) is 0 Å². The van der Waals surface area contributed by atoms with Crippen LogP contribution in [0.1, 0.15) is 5.56 Å². The summed E-state index contributed by atoms with van der Waals surface area (Å²) in [7, 11) is 2.18. The highest BCUT2D eigenvalue weighted by Gasteiger charge is 2.32. The van der Waals surface area contributed by atoms with Gasteiger partial charge < -0.3 is 4.90 Å². The van der Waals surface area contributed by atoms with Crippen LogP contribution in [0, 0.1) is 11.3 Å². The largest absolute Gasteiger partial charge is 0.304 e. The average molecular weight is 336 g/mol. The molecular formula is C19H20N4S. The number of thiophene rings is 1. The van der Waals surface area contributed by atoms with Crippen LogP contribution in [-0.2, 0) is 0 Å². The van der Waals surface area contributed by atoms with Gasteiger partial charge in [0, 0.05) is 48.6 Å². The van der Waals surface area contributed by atoms with Crippen LogP contribution in [0.4, 0.5) is 5.69 Å². The van der Waals surface area contributed by atoms with Crippen LogP contribution in [0.25, 0.3) is 5.57 Å². The fraction of sp³-hybridized carbons (Fsp3) is 0.316. The highest BCUT2D eigenvalue weighted by atomic mass is 32.1.